The molecule has 2 rings (SSSR count). The van der Waals surface area contributed by atoms with E-state index in [0.29, 0.717) is 12.6 Å². The summed E-state index contributed by atoms with van der Waals surface area (Å²) in [6, 6.07) is 8.79. The molecule has 0 saturated heterocycles. The van der Waals surface area contributed by atoms with Crippen LogP contribution in [0.1, 0.15) is 32.2 Å². The Morgan fingerprint density at radius 1 is 1.25 bits per heavy atom. The van der Waals surface area contributed by atoms with E-state index in [-0.39, 0.29) is 0 Å². The maximum atomic E-state index is 5.65. The summed E-state index contributed by atoms with van der Waals surface area (Å²) in [6.07, 6.45) is 1.62. The van der Waals surface area contributed by atoms with E-state index in [2.05, 4.69) is 60.0 Å². The molecule has 5 heteroatoms. The van der Waals surface area contributed by atoms with E-state index in [4.69, 9.17) is 5.73 Å². The van der Waals surface area contributed by atoms with Crippen molar-refractivity contribution < 1.29 is 0 Å². The predicted octanol–water partition coefficient (Wildman–Crippen LogP) is 2.17. The number of benzene rings is 1. The molecule has 108 valence electrons. The van der Waals surface area contributed by atoms with E-state index in [0.717, 1.165) is 24.5 Å². The highest BCUT2D eigenvalue weighted by Gasteiger charge is 2.14. The van der Waals surface area contributed by atoms with E-state index < -0.39 is 0 Å². The van der Waals surface area contributed by atoms with Gasteiger partial charge in [0.15, 0.2) is 0 Å². The van der Waals surface area contributed by atoms with Crippen molar-refractivity contribution in [3.05, 3.63) is 42.0 Å². The van der Waals surface area contributed by atoms with E-state index in [1.807, 2.05) is 4.68 Å². The Kier molecular flexibility index (Phi) is 4.74. The number of nitrogens with zero attached hydrogens (tertiary/aromatic N) is 4. The first kappa shape index (κ1) is 14.5. The second kappa shape index (κ2) is 6.52. The van der Waals surface area contributed by atoms with Gasteiger partial charge in [-0.25, -0.2) is 9.67 Å². The standard InChI is InChI=1S/C15H23N5/c1-4-20-15(17-11-18-20)10-19(12(2)3)14-7-5-13(9-16)6-8-14/h5-8,11-12H,4,9-10,16H2,1-3H3. The first-order valence-electron chi connectivity index (χ1n) is 7.08. The van der Waals surface area contributed by atoms with Crippen molar-refractivity contribution >= 4 is 5.69 Å². The Morgan fingerprint density at radius 3 is 2.50 bits per heavy atom. The second-order valence-electron chi connectivity index (χ2n) is 5.08. The quantitative estimate of drug-likeness (QED) is 0.876. The van der Waals surface area contributed by atoms with Crippen molar-refractivity contribution in [2.75, 3.05) is 4.90 Å². The van der Waals surface area contributed by atoms with E-state index in [1.165, 1.54) is 5.69 Å². The van der Waals surface area contributed by atoms with Crippen LogP contribution in [0.4, 0.5) is 5.69 Å². The van der Waals surface area contributed by atoms with Crippen molar-refractivity contribution in [2.45, 2.75) is 46.4 Å². The predicted molar refractivity (Wildman–Crippen MR) is 81.3 cm³/mol. The van der Waals surface area contributed by atoms with Gasteiger partial charge >= 0.3 is 0 Å². The number of anilines is 1. The number of hydrogen-bond donors (Lipinski definition) is 1. The third-order valence-corrected chi connectivity index (χ3v) is 3.43. The van der Waals surface area contributed by atoms with Gasteiger partial charge < -0.3 is 10.6 Å². The van der Waals surface area contributed by atoms with E-state index >= 15 is 0 Å². The molecule has 0 unspecified atom stereocenters. The van der Waals surface area contributed by atoms with Crippen molar-refractivity contribution in [2.24, 2.45) is 5.73 Å². The molecule has 0 aliphatic carbocycles. The Bertz CT molecular complexity index is 529. The zero-order valence-electron chi connectivity index (χ0n) is 12.5. The minimum Gasteiger partial charge on any atom is -0.362 e. The number of hydrogen-bond acceptors (Lipinski definition) is 4. The summed E-state index contributed by atoms with van der Waals surface area (Å²) in [5, 5.41) is 4.23. The first-order valence-corrected chi connectivity index (χ1v) is 7.08. The number of nitrogens with two attached hydrogens (primary N) is 1. The number of rotatable bonds is 6. The summed E-state index contributed by atoms with van der Waals surface area (Å²) in [6.45, 7) is 8.62. The normalized spacial score (nSPS) is 11.1. The number of aryl methyl sites for hydroxylation is 1. The van der Waals surface area contributed by atoms with Crippen molar-refractivity contribution in [1.82, 2.24) is 14.8 Å². The SMILES string of the molecule is CCn1ncnc1CN(c1ccc(CN)cc1)C(C)C. The highest BCUT2D eigenvalue weighted by Crippen LogP contribution is 2.20. The van der Waals surface area contributed by atoms with E-state index in [9.17, 15) is 0 Å². The molecule has 0 bridgehead atoms. The van der Waals surface area contributed by atoms with Crippen LogP contribution in [0.5, 0.6) is 0 Å². The summed E-state index contributed by atoms with van der Waals surface area (Å²) >= 11 is 0. The lowest BCUT2D eigenvalue weighted by molar-refractivity contribution is 0.582. The molecule has 0 atom stereocenters. The van der Waals surface area contributed by atoms with Crippen molar-refractivity contribution in [1.29, 1.82) is 0 Å². The minimum atomic E-state index is 0.390. The van der Waals surface area contributed by atoms with Gasteiger partial charge in [0.25, 0.3) is 0 Å². The fourth-order valence-corrected chi connectivity index (χ4v) is 2.22. The first-order chi connectivity index (χ1) is 9.65. The van der Waals surface area contributed by atoms with Crippen LogP contribution in [-0.2, 0) is 19.6 Å². The van der Waals surface area contributed by atoms with E-state index in [1.54, 1.807) is 6.33 Å². The molecule has 1 aromatic carbocycles. The van der Waals surface area contributed by atoms with Gasteiger partial charge in [-0.3, -0.25) is 0 Å². The maximum Gasteiger partial charge on any atom is 0.146 e. The zero-order valence-corrected chi connectivity index (χ0v) is 12.5. The molecule has 2 N–H and O–H groups in total. The average molecular weight is 273 g/mol. The van der Waals surface area contributed by atoms with Crippen LogP contribution in [0.3, 0.4) is 0 Å². The molecule has 20 heavy (non-hydrogen) atoms. The summed E-state index contributed by atoms with van der Waals surface area (Å²) < 4.78 is 1.93. The molecular weight excluding hydrogens is 250 g/mol. The highest BCUT2D eigenvalue weighted by molar-refractivity contribution is 5.48. The molecular formula is C15H23N5. The molecule has 2 aromatic rings. The van der Waals surface area contributed by atoms with Gasteiger partial charge in [0, 0.05) is 24.8 Å². The van der Waals surface area contributed by atoms with Crippen LogP contribution in [-0.4, -0.2) is 20.8 Å². The summed E-state index contributed by atoms with van der Waals surface area (Å²) in [5.41, 5.74) is 7.98. The van der Waals surface area contributed by atoms with Gasteiger partial charge in [-0.15, -0.1) is 0 Å². The Hall–Kier alpha value is -1.88. The summed E-state index contributed by atoms with van der Waals surface area (Å²) in [5.74, 6) is 0.990. The third-order valence-electron chi connectivity index (χ3n) is 3.43. The fraction of sp³-hybridized carbons (Fsp3) is 0.467. The Balaban J connectivity index is 2.22. The maximum absolute atomic E-state index is 5.65. The number of aromatic nitrogens is 3. The van der Waals surface area contributed by atoms with Gasteiger partial charge in [-0.2, -0.15) is 5.10 Å². The second-order valence-corrected chi connectivity index (χ2v) is 5.08. The molecule has 0 aliphatic heterocycles. The molecule has 0 fully saturated rings. The Morgan fingerprint density at radius 2 is 1.95 bits per heavy atom. The summed E-state index contributed by atoms with van der Waals surface area (Å²) in [4.78, 5) is 6.67. The van der Waals surface area contributed by atoms with Crippen molar-refractivity contribution in [3.63, 3.8) is 0 Å². The molecule has 5 nitrogen and oxygen atoms in total. The largest absolute Gasteiger partial charge is 0.362 e. The molecule has 0 amide bonds. The van der Waals surface area contributed by atoms with Crippen LogP contribution in [0.25, 0.3) is 0 Å². The topological polar surface area (TPSA) is 60.0 Å². The van der Waals surface area contributed by atoms with Crippen molar-refractivity contribution in [3.8, 4) is 0 Å². The van der Waals surface area contributed by atoms with Gasteiger partial charge in [0.2, 0.25) is 0 Å². The van der Waals surface area contributed by atoms with Gasteiger partial charge in [0.05, 0.1) is 6.54 Å². The lowest BCUT2D eigenvalue weighted by Crippen LogP contribution is -2.31. The van der Waals surface area contributed by atoms with Gasteiger partial charge in [-0.1, -0.05) is 12.1 Å². The third kappa shape index (κ3) is 3.17. The lowest BCUT2D eigenvalue weighted by Gasteiger charge is -2.28. The molecule has 0 aliphatic rings. The molecule has 0 radical (unpaired) electrons. The van der Waals surface area contributed by atoms with Crippen LogP contribution >= 0.6 is 0 Å². The molecule has 1 aromatic heterocycles. The monoisotopic (exact) mass is 273 g/mol. The van der Waals surface area contributed by atoms with Crippen LogP contribution < -0.4 is 10.6 Å². The van der Waals surface area contributed by atoms with Crippen LogP contribution in [0, 0.1) is 0 Å². The smallest absolute Gasteiger partial charge is 0.146 e. The Labute approximate surface area is 120 Å². The van der Waals surface area contributed by atoms with Gasteiger partial charge in [-0.05, 0) is 38.5 Å². The summed E-state index contributed by atoms with van der Waals surface area (Å²) in [7, 11) is 0. The molecule has 0 saturated carbocycles. The fourth-order valence-electron chi connectivity index (χ4n) is 2.22. The average Bonchev–Trinajstić information content (AvgIpc) is 2.92. The van der Waals surface area contributed by atoms with Crippen LogP contribution in [0.15, 0.2) is 30.6 Å². The zero-order chi connectivity index (χ0) is 14.5. The molecule has 0 spiro atoms. The lowest BCUT2D eigenvalue weighted by atomic mass is 10.1. The highest BCUT2D eigenvalue weighted by atomic mass is 15.3. The molecule has 1 heterocycles. The van der Waals surface area contributed by atoms with Crippen LogP contribution in [0.2, 0.25) is 0 Å². The van der Waals surface area contributed by atoms with Gasteiger partial charge in [0.1, 0.15) is 12.2 Å². The minimum absolute atomic E-state index is 0.390.